The number of amides is 6. The first-order valence-electron chi connectivity index (χ1n) is 30.6. The molecule has 3 heterocycles. The van der Waals surface area contributed by atoms with Gasteiger partial charge in [-0.2, -0.15) is 13.2 Å². The second-order valence-electron chi connectivity index (χ2n) is 22.4. The average molecular weight is 1260 g/mol. The van der Waals surface area contributed by atoms with Crippen molar-refractivity contribution < 1.29 is 51.8 Å². The number of nitrogens with two attached hydrogens (primary N) is 3. The van der Waals surface area contributed by atoms with Gasteiger partial charge in [0, 0.05) is 74.3 Å². The van der Waals surface area contributed by atoms with Crippen molar-refractivity contribution in [1.82, 2.24) is 30.9 Å². The molecule has 0 fully saturated rings. The predicted molar refractivity (Wildman–Crippen MR) is 350 cm³/mol. The largest absolute Gasteiger partial charge is 0.490 e. The molecule has 16 N–H and O–H groups in total. The Kier molecular flexibility index (Phi) is 24.4. The van der Waals surface area contributed by atoms with E-state index in [0.29, 0.717) is 94.5 Å². The Balaban J connectivity index is 0.00000147. The van der Waals surface area contributed by atoms with Gasteiger partial charge in [0.25, 0.3) is 0 Å². The topological polar surface area (TPSA) is 337 Å². The van der Waals surface area contributed by atoms with E-state index in [1.165, 1.54) is 0 Å². The first-order chi connectivity index (χ1) is 44.4. The third kappa shape index (κ3) is 19.2. The fourth-order valence-electron chi connectivity index (χ4n) is 10.9. The number of fused-ring (bicyclic) bond motifs is 3. The van der Waals surface area contributed by atoms with Crippen molar-refractivity contribution in [3.05, 3.63) is 198 Å². The van der Waals surface area contributed by atoms with E-state index in [1.807, 2.05) is 164 Å². The van der Waals surface area contributed by atoms with Crippen LogP contribution < -0.4 is 49.1 Å². The number of rotatable bonds is 30. The molecular weight excluding hydrogens is 1180 g/mol. The lowest BCUT2D eigenvalue weighted by Gasteiger charge is -2.22. The van der Waals surface area contributed by atoms with Crippen LogP contribution in [-0.2, 0) is 52.8 Å². The number of halogens is 3. The number of carbonyl (C=O) groups excluding carboxylic acids is 6. The number of alkyl halides is 3. The summed E-state index contributed by atoms with van der Waals surface area (Å²) in [6.07, 6.45) is 5.90. The second-order valence-corrected chi connectivity index (χ2v) is 22.4. The van der Waals surface area contributed by atoms with Crippen molar-refractivity contribution in [2.45, 2.75) is 107 Å². The van der Waals surface area contributed by atoms with Crippen LogP contribution in [0.4, 0.5) is 30.2 Å². The summed E-state index contributed by atoms with van der Waals surface area (Å²) in [6.45, 7) is 1.38. The van der Waals surface area contributed by atoms with E-state index >= 15 is 0 Å². The molecule has 6 amide bonds. The molecule has 482 valence electrons. The standard InChI is InChI=1S/C67H76N12O6.C2HF3O2/c68-34-10-7-19-58(77-61(80)37-46-40-71-55-16-4-1-13-52(46)55)65(83)74-49-28-22-43(23-29-49)64(44-24-30-50(31-25-44)75-66(84)59(20-8-11-35-69)78-62(81)38-47-41-72-56-17-5-2-14-53(47)56)45-26-32-51(33-27-45)76-67(85)60(21-9-12-36-70)79-63(82)39-48-42-73-57-18-6-3-15-54(48)57;3-2(4,5)1(6)7/h1-6,13-18,22-33,40-42,58-60,64,71-73H,7-12,19-21,34-39,68-70H2,(H,74,83)(H,75,84)(H,76,85)(H,77,80)(H,78,81)(H,79,82);(H,6,7)/t58-,59-,60-;/m1./s1. The number of aromatic nitrogens is 3. The number of carbonyl (C=O) groups is 7. The van der Waals surface area contributed by atoms with Gasteiger partial charge in [-0.15, -0.1) is 0 Å². The van der Waals surface area contributed by atoms with E-state index < -0.39 is 30.3 Å². The van der Waals surface area contributed by atoms with Gasteiger partial charge in [-0.25, -0.2) is 4.79 Å². The minimum Gasteiger partial charge on any atom is -0.475 e. The van der Waals surface area contributed by atoms with E-state index in [2.05, 4.69) is 46.9 Å². The lowest BCUT2D eigenvalue weighted by Crippen LogP contribution is -2.44. The van der Waals surface area contributed by atoms with Crippen molar-refractivity contribution in [1.29, 1.82) is 0 Å². The Labute approximate surface area is 529 Å². The van der Waals surface area contributed by atoms with Crippen LogP contribution in [0.5, 0.6) is 0 Å². The summed E-state index contributed by atoms with van der Waals surface area (Å²) in [7, 11) is 0. The zero-order valence-electron chi connectivity index (χ0n) is 50.7. The highest BCUT2D eigenvalue weighted by Crippen LogP contribution is 2.35. The Morgan fingerprint density at radius 3 is 0.913 bits per heavy atom. The Hall–Kier alpha value is -10.1. The summed E-state index contributed by atoms with van der Waals surface area (Å²) in [6, 6.07) is 43.4. The number of hydrogen-bond acceptors (Lipinski definition) is 10. The van der Waals surface area contributed by atoms with Crippen LogP contribution in [0.25, 0.3) is 32.7 Å². The second kappa shape index (κ2) is 33.1. The molecule has 0 aliphatic heterocycles. The highest BCUT2D eigenvalue weighted by molar-refractivity contribution is 6.00. The first-order valence-corrected chi connectivity index (χ1v) is 30.6. The van der Waals surface area contributed by atoms with Crippen molar-refractivity contribution in [3.8, 4) is 0 Å². The van der Waals surface area contributed by atoms with Gasteiger partial charge >= 0.3 is 12.1 Å². The lowest BCUT2D eigenvalue weighted by molar-refractivity contribution is -0.192. The highest BCUT2D eigenvalue weighted by Gasteiger charge is 2.38. The summed E-state index contributed by atoms with van der Waals surface area (Å²) >= 11 is 0. The van der Waals surface area contributed by atoms with E-state index in [4.69, 9.17) is 27.1 Å². The van der Waals surface area contributed by atoms with Crippen LogP contribution in [0.2, 0.25) is 0 Å². The van der Waals surface area contributed by atoms with Crippen LogP contribution in [0, 0.1) is 0 Å². The molecule has 0 saturated heterocycles. The lowest BCUT2D eigenvalue weighted by atomic mass is 9.85. The minimum atomic E-state index is -5.08. The SMILES string of the molecule is NCCCC[C@@H](NC(=O)Cc1c[nH]c2ccccc12)C(=O)Nc1ccc(C(c2ccc(NC(=O)[C@@H](CCCCN)NC(=O)Cc3c[nH]c4ccccc34)cc2)c2ccc(NC(=O)[C@@H](CCCCN)NC(=O)Cc3c[nH]c4ccccc34)cc2)cc1.O=C(O)C(F)(F)F. The molecule has 20 nitrogen and oxygen atoms in total. The van der Waals surface area contributed by atoms with Gasteiger partial charge in [0.1, 0.15) is 18.1 Å². The van der Waals surface area contributed by atoms with Gasteiger partial charge in [-0.1, -0.05) is 91.0 Å². The molecule has 3 atom stereocenters. The number of para-hydroxylation sites is 3. The molecular formula is C69H77F3N12O8. The third-order valence-corrected chi connectivity index (χ3v) is 15.7. The average Bonchev–Trinajstić information content (AvgIpc) is 1.06. The van der Waals surface area contributed by atoms with Crippen LogP contribution in [0.1, 0.15) is 97.1 Å². The van der Waals surface area contributed by atoms with Gasteiger partial charge in [0.2, 0.25) is 35.4 Å². The van der Waals surface area contributed by atoms with Crippen LogP contribution in [0.3, 0.4) is 0 Å². The van der Waals surface area contributed by atoms with E-state index in [-0.39, 0.29) is 60.6 Å². The molecule has 0 radical (unpaired) electrons. The normalized spacial score (nSPS) is 12.3. The van der Waals surface area contributed by atoms with Crippen molar-refractivity contribution >= 4 is 91.2 Å². The predicted octanol–water partition coefficient (Wildman–Crippen LogP) is 9.33. The maximum absolute atomic E-state index is 14.0. The van der Waals surface area contributed by atoms with Crippen LogP contribution >= 0.6 is 0 Å². The van der Waals surface area contributed by atoms with Gasteiger partial charge < -0.3 is 69.2 Å². The molecule has 0 unspecified atom stereocenters. The maximum atomic E-state index is 14.0. The molecule has 9 rings (SSSR count). The summed E-state index contributed by atoms with van der Waals surface area (Å²) in [5, 5.41) is 28.0. The van der Waals surface area contributed by atoms with Crippen molar-refractivity contribution in [2.75, 3.05) is 35.6 Å². The fraction of sp³-hybridized carbons (Fsp3) is 0.290. The van der Waals surface area contributed by atoms with Crippen molar-refractivity contribution in [3.63, 3.8) is 0 Å². The monoisotopic (exact) mass is 1260 g/mol. The molecule has 9 aromatic rings. The Bertz CT molecular complexity index is 3560. The van der Waals surface area contributed by atoms with E-state index in [0.717, 1.165) is 66.1 Å². The molecule has 0 aliphatic rings. The van der Waals surface area contributed by atoms with Gasteiger partial charge in [0.05, 0.1) is 19.3 Å². The van der Waals surface area contributed by atoms with Crippen LogP contribution in [0.15, 0.2) is 164 Å². The number of benzene rings is 6. The maximum Gasteiger partial charge on any atom is 0.490 e. The number of H-pyrrole nitrogens is 3. The molecule has 23 heteroatoms. The molecule has 0 aliphatic carbocycles. The number of hydrogen-bond donors (Lipinski definition) is 13. The molecule has 0 spiro atoms. The van der Waals surface area contributed by atoms with Gasteiger partial charge in [-0.05, 0) is 165 Å². The molecule has 6 aromatic carbocycles. The quantitative estimate of drug-likeness (QED) is 0.0148. The zero-order chi connectivity index (χ0) is 65.6. The van der Waals surface area contributed by atoms with E-state index in [9.17, 15) is 41.9 Å². The van der Waals surface area contributed by atoms with E-state index in [1.54, 1.807) is 0 Å². The summed E-state index contributed by atoms with van der Waals surface area (Å²) in [4.78, 5) is 101. The molecule has 3 aromatic heterocycles. The van der Waals surface area contributed by atoms with Gasteiger partial charge in [-0.3, -0.25) is 28.8 Å². The minimum absolute atomic E-state index is 0.101. The Morgan fingerprint density at radius 2 is 0.663 bits per heavy atom. The molecule has 0 bridgehead atoms. The number of carboxylic acid groups (broad SMARTS) is 1. The summed E-state index contributed by atoms with van der Waals surface area (Å²) in [5.41, 5.74) is 26.9. The third-order valence-electron chi connectivity index (χ3n) is 15.7. The molecule has 92 heavy (non-hydrogen) atoms. The number of unbranched alkanes of at least 4 members (excludes halogenated alkanes) is 3. The number of aromatic amines is 3. The van der Waals surface area contributed by atoms with Crippen LogP contribution in [-0.4, -0.2) is 105 Å². The van der Waals surface area contributed by atoms with Gasteiger partial charge in [0.15, 0.2) is 0 Å². The first kappa shape index (κ1) is 67.8. The van der Waals surface area contributed by atoms with Crippen molar-refractivity contribution in [2.24, 2.45) is 17.2 Å². The highest BCUT2D eigenvalue weighted by atomic mass is 19.4. The summed E-state index contributed by atoms with van der Waals surface area (Å²) in [5.74, 6) is -5.01. The number of aliphatic carboxylic acids is 1. The Morgan fingerprint density at radius 1 is 0.402 bits per heavy atom. The number of carboxylic acids is 1. The summed E-state index contributed by atoms with van der Waals surface area (Å²) < 4.78 is 31.7. The fourth-order valence-corrected chi connectivity index (χ4v) is 10.9. The zero-order valence-corrected chi connectivity index (χ0v) is 50.7. The molecule has 0 saturated carbocycles. The number of nitrogens with one attached hydrogen (secondary N) is 9. The smallest absolute Gasteiger partial charge is 0.475 e. The number of anilines is 3.